The van der Waals surface area contributed by atoms with Crippen LogP contribution < -0.4 is 29.9 Å². The van der Waals surface area contributed by atoms with Gasteiger partial charge in [0.15, 0.2) is 23.3 Å². The van der Waals surface area contributed by atoms with Gasteiger partial charge in [-0.05, 0) is 98.5 Å². The van der Waals surface area contributed by atoms with Crippen LogP contribution in [0.25, 0.3) is 21.5 Å². The Hall–Kier alpha value is -6.42. The molecule has 562 valence electrons. The summed E-state index contributed by atoms with van der Waals surface area (Å²) >= 11 is 0. The molecule has 15 heteroatoms. The Morgan fingerprint density at radius 2 is 0.515 bits per heavy atom. The van der Waals surface area contributed by atoms with Gasteiger partial charge >= 0.3 is 8.88 Å². The first-order valence-corrected chi connectivity index (χ1v) is 44.0. The molecule has 0 aliphatic carbocycles. The highest BCUT2D eigenvalue weighted by Gasteiger charge is 2.47. The van der Waals surface area contributed by atoms with Gasteiger partial charge in [-0.3, -0.25) is 8.47 Å². The molecule has 0 amide bonds. The van der Waals surface area contributed by atoms with E-state index >= 15 is 0 Å². The molecule has 4 aliphatic heterocycles. The number of amidine groups is 4. The number of aromatic nitrogens is 2. The van der Waals surface area contributed by atoms with E-state index in [1.54, 1.807) is 8.47 Å². The van der Waals surface area contributed by atoms with E-state index < -0.39 is 8.88 Å². The first-order valence-electron chi connectivity index (χ1n) is 42.2. The Kier molecular flexibility index (Phi) is 33.7. The van der Waals surface area contributed by atoms with Gasteiger partial charge in [0.2, 0.25) is 0 Å². The van der Waals surface area contributed by atoms with Crippen molar-refractivity contribution in [1.82, 2.24) is 8.47 Å². The summed E-state index contributed by atoms with van der Waals surface area (Å²) in [7, 11) is -5.20. The molecule has 2 N–H and O–H groups in total. The van der Waals surface area contributed by atoms with E-state index in [9.17, 15) is 9.59 Å². The molecule has 0 saturated carbocycles. The van der Waals surface area contributed by atoms with Crippen LogP contribution in [0.2, 0.25) is 0 Å². The summed E-state index contributed by atoms with van der Waals surface area (Å²) in [5.74, 6) is 4.90. The highest BCUT2D eigenvalue weighted by Crippen LogP contribution is 2.44. The Morgan fingerprint density at radius 1 is 0.252 bits per heavy atom. The summed E-state index contributed by atoms with van der Waals surface area (Å²) < 4.78 is 29.5. The molecule has 2 aromatic heterocycles. The van der Waals surface area contributed by atoms with E-state index in [2.05, 4.69) is 27.7 Å². The Balaban J connectivity index is 0.965. The first kappa shape index (κ1) is 79.1. The number of ether oxygens (including phenoxy) is 4. The van der Waals surface area contributed by atoms with Gasteiger partial charge in [0.1, 0.15) is 45.6 Å². The number of fused-ring (bicyclic) bond motifs is 14. The van der Waals surface area contributed by atoms with E-state index in [0.29, 0.717) is 94.1 Å². The van der Waals surface area contributed by atoms with E-state index in [0.717, 1.165) is 85.1 Å². The lowest BCUT2D eigenvalue weighted by atomic mass is 10.1. The van der Waals surface area contributed by atoms with Crippen molar-refractivity contribution in [2.75, 3.05) is 26.4 Å². The van der Waals surface area contributed by atoms with Crippen molar-refractivity contribution < 1.29 is 28.5 Å². The molecule has 0 radical (unpaired) electrons. The molecule has 14 nitrogen and oxygen atoms in total. The summed E-state index contributed by atoms with van der Waals surface area (Å²) in [4.78, 5) is 60.4. The molecule has 4 aliphatic rings. The molecule has 0 unspecified atom stereocenters. The largest absolute Gasteiger partial charge is 0.597 e. The summed E-state index contributed by atoms with van der Waals surface area (Å²) in [6.45, 7) is 11.4. The van der Waals surface area contributed by atoms with Crippen molar-refractivity contribution in [2.45, 2.75) is 336 Å². The zero-order chi connectivity index (χ0) is 71.5. The molecule has 6 heterocycles. The van der Waals surface area contributed by atoms with Crippen molar-refractivity contribution in [1.29, 1.82) is 0 Å². The van der Waals surface area contributed by atoms with E-state index in [4.69, 9.17) is 48.9 Å². The maximum Gasteiger partial charge on any atom is 0.597 e. The molecule has 0 fully saturated rings. The fraction of sp³-hybridized carbons (Fsp3) is 0.636. The van der Waals surface area contributed by atoms with E-state index in [-0.39, 0.29) is 11.3 Å². The molecule has 103 heavy (non-hydrogen) atoms. The van der Waals surface area contributed by atoms with Gasteiger partial charge in [-0.1, -0.05) is 310 Å². The van der Waals surface area contributed by atoms with E-state index in [1.165, 1.54) is 257 Å². The van der Waals surface area contributed by atoms with Gasteiger partial charge in [0.05, 0.1) is 26.4 Å². The van der Waals surface area contributed by atoms with Crippen molar-refractivity contribution in [3.8, 4) is 23.0 Å². The first-order chi connectivity index (χ1) is 50.8. The zero-order valence-electron chi connectivity index (χ0n) is 64.3. The lowest BCUT2D eigenvalue weighted by molar-refractivity contribution is 0.304. The van der Waals surface area contributed by atoms with Crippen molar-refractivity contribution >= 4 is 65.4 Å². The van der Waals surface area contributed by atoms with Gasteiger partial charge in [0, 0.05) is 43.8 Å². The molecule has 6 aromatic rings. The zero-order valence-corrected chi connectivity index (χ0v) is 65.3. The average Bonchev–Trinajstić information content (AvgIpc) is 1.54. The third kappa shape index (κ3) is 23.3. The number of nitrogens with zero attached hydrogens (tertiary/aromatic N) is 8. The van der Waals surface area contributed by atoms with Crippen LogP contribution in [0.3, 0.4) is 0 Å². The van der Waals surface area contributed by atoms with Gasteiger partial charge < -0.3 is 28.5 Å². The summed E-state index contributed by atoms with van der Waals surface area (Å²) in [5.41, 5.74) is 3.57. The second-order valence-electron chi connectivity index (χ2n) is 30.3. The number of aliphatic imine (C=N–C) groups is 4. The Labute approximate surface area is 620 Å². The third-order valence-corrected chi connectivity index (χ3v) is 23.7. The molecule has 0 atom stereocenters. The quantitative estimate of drug-likeness (QED) is 0.0285. The smallest absolute Gasteiger partial charge is 0.494 e. The van der Waals surface area contributed by atoms with Crippen molar-refractivity contribution in [2.24, 2.45) is 30.0 Å². The SMILES string of the molecule is CCCCCCCCCCCCCCOc1ccc2c(c1)C1=NC2=Nc2c3cc(OCCCCCCCCCCCCCC)ccc3c3n2[Si](O)(O)n2c(c4ccc(OCCCCCCCCCCCCCC)cc4c2=NC2=NC(=N3)c3cc(OCCCCCCCCCCCCCC)ccc32)=N1. The fourth-order valence-corrected chi connectivity index (χ4v) is 17.5. The number of benzene rings is 4. The molecule has 6 bridgehead atoms. The normalized spacial score (nSPS) is 13.9. The number of hydrogen-bond donors (Lipinski definition) is 2. The van der Waals surface area contributed by atoms with Crippen LogP contribution in [0, 0.1) is 0 Å². The highest BCUT2D eigenvalue weighted by atomic mass is 28.4. The third-order valence-electron chi connectivity index (χ3n) is 21.7. The van der Waals surface area contributed by atoms with Crippen molar-refractivity contribution in [3.63, 3.8) is 0 Å². The second-order valence-corrected chi connectivity index (χ2v) is 32.4. The topological polar surface area (TPSA) is 161 Å². The highest BCUT2D eigenvalue weighted by molar-refractivity contribution is 6.63. The summed E-state index contributed by atoms with van der Waals surface area (Å²) in [6.07, 6.45) is 60.9. The van der Waals surface area contributed by atoms with Crippen LogP contribution in [0.1, 0.15) is 358 Å². The summed E-state index contributed by atoms with van der Waals surface area (Å²) in [5, 5.41) is 2.58. The van der Waals surface area contributed by atoms with Crippen LogP contribution in [0.4, 0.5) is 11.6 Å². The Morgan fingerprint density at radius 3 is 0.874 bits per heavy atom. The minimum atomic E-state index is -5.20. The number of rotatable bonds is 56. The lowest BCUT2D eigenvalue weighted by Gasteiger charge is -2.23. The van der Waals surface area contributed by atoms with Gasteiger partial charge in [-0.2, -0.15) is 0 Å². The molecule has 0 spiro atoms. The standard InChI is InChI=1S/C88H130N8O6Si/c1-5-9-13-17-21-25-29-33-37-41-45-49-61-99-69-53-57-73-77(65-69)83-89-81(73)91-87-80-68-72(102-64-52-48-44-40-36-32-28-24-20-16-12-8-4)56-60-76(80)86-94-84-78-66-70(100-62-50-46-42-38-34-30-26-22-18-14-10-6-2)54-58-74(78)82(90-84)92-88-79-67-71(55-59-75(79)85(93-83)95(88)103(97,98)96(86)87)101-63-51-47-43-39-35-31-27-23-19-15-11-7-3/h53-60,65-68,97-98H,5-52,61-64H2,1-4H3. The number of hydrogen-bond acceptors (Lipinski definition) is 12. The minimum absolute atomic E-state index is 0.283. The van der Waals surface area contributed by atoms with Crippen LogP contribution in [0.15, 0.2) is 103 Å². The van der Waals surface area contributed by atoms with Gasteiger partial charge in [-0.25, -0.2) is 30.0 Å². The maximum absolute atomic E-state index is 13.9. The van der Waals surface area contributed by atoms with Crippen LogP contribution >= 0.6 is 0 Å². The Bertz CT molecular complexity index is 3820. The van der Waals surface area contributed by atoms with E-state index in [1.807, 2.05) is 72.8 Å². The summed E-state index contributed by atoms with van der Waals surface area (Å²) in [6, 6.07) is 24.0. The fourth-order valence-electron chi connectivity index (χ4n) is 15.5. The lowest BCUT2D eigenvalue weighted by Crippen LogP contribution is -2.60. The monoisotopic (exact) mass is 1420 g/mol. The van der Waals surface area contributed by atoms with Crippen LogP contribution in [-0.4, -0.2) is 76.7 Å². The predicted molar refractivity (Wildman–Crippen MR) is 432 cm³/mol. The average molecular weight is 1420 g/mol. The van der Waals surface area contributed by atoms with Gasteiger partial charge in [-0.15, -0.1) is 0 Å². The van der Waals surface area contributed by atoms with Crippen LogP contribution in [-0.2, 0) is 0 Å². The molecule has 10 rings (SSSR count). The molecular formula is C88H130N8O6Si. The second kappa shape index (κ2) is 43.9. The predicted octanol–water partition coefficient (Wildman–Crippen LogP) is 23.7. The van der Waals surface area contributed by atoms with Crippen LogP contribution in [0.5, 0.6) is 23.0 Å². The minimum Gasteiger partial charge on any atom is -0.494 e. The van der Waals surface area contributed by atoms with Crippen molar-refractivity contribution in [3.05, 3.63) is 106 Å². The maximum atomic E-state index is 13.9. The number of unbranched alkanes of at least 4 members (excludes halogenated alkanes) is 44. The molecular weight excluding hydrogens is 1290 g/mol. The molecule has 4 aromatic carbocycles. The molecule has 0 saturated heterocycles. The van der Waals surface area contributed by atoms with Gasteiger partial charge in [0.25, 0.3) is 0 Å².